The fourth-order valence-corrected chi connectivity index (χ4v) is 4.51. The van der Waals surface area contributed by atoms with Crippen LogP contribution in [0.2, 0.25) is 0 Å². The molecule has 1 aliphatic rings. The Bertz CT molecular complexity index is 789. The highest BCUT2D eigenvalue weighted by Gasteiger charge is 2.26. The Labute approximate surface area is 179 Å². The standard InChI is InChI=1S/C27H33FO2/c28-25-17-11-23(12-18-25)14-20-26(29)19-13-22-9-15-24(16-10-22)27(30)8-4-7-21-5-2-1-3-6-21/h1-3,5-6,11-12,17-18,22,24H,4,7-10,13-16,19-20H2. The molecule has 1 saturated carbocycles. The van der Waals surface area contributed by atoms with Gasteiger partial charge in [-0.25, -0.2) is 4.39 Å². The first-order valence-corrected chi connectivity index (χ1v) is 11.4. The lowest BCUT2D eigenvalue weighted by Gasteiger charge is -2.27. The van der Waals surface area contributed by atoms with Gasteiger partial charge in [0.1, 0.15) is 17.4 Å². The molecule has 3 rings (SSSR count). The van der Waals surface area contributed by atoms with Gasteiger partial charge in [0.15, 0.2) is 0 Å². The van der Waals surface area contributed by atoms with Gasteiger partial charge < -0.3 is 0 Å². The Morgan fingerprint density at radius 3 is 2.13 bits per heavy atom. The number of ketones is 2. The zero-order valence-electron chi connectivity index (χ0n) is 17.8. The molecule has 2 nitrogen and oxygen atoms in total. The lowest BCUT2D eigenvalue weighted by molar-refractivity contribution is -0.124. The molecule has 0 unspecified atom stereocenters. The maximum Gasteiger partial charge on any atom is 0.135 e. The highest BCUT2D eigenvalue weighted by Crippen LogP contribution is 2.33. The van der Waals surface area contributed by atoms with Crippen molar-refractivity contribution in [3.05, 3.63) is 71.5 Å². The molecule has 0 amide bonds. The summed E-state index contributed by atoms with van der Waals surface area (Å²) in [5.74, 6) is 1.29. The summed E-state index contributed by atoms with van der Waals surface area (Å²) in [4.78, 5) is 24.7. The Morgan fingerprint density at radius 1 is 0.767 bits per heavy atom. The number of carbonyl (C=O) groups is 2. The van der Waals surface area contributed by atoms with Gasteiger partial charge in [-0.15, -0.1) is 0 Å². The van der Waals surface area contributed by atoms with E-state index >= 15 is 0 Å². The van der Waals surface area contributed by atoms with Crippen molar-refractivity contribution < 1.29 is 14.0 Å². The van der Waals surface area contributed by atoms with E-state index in [0.717, 1.165) is 50.5 Å². The predicted octanol–water partition coefficient (Wildman–Crippen LogP) is 6.51. The van der Waals surface area contributed by atoms with Crippen molar-refractivity contribution in [2.75, 3.05) is 0 Å². The largest absolute Gasteiger partial charge is 0.300 e. The van der Waals surface area contributed by atoms with Crippen LogP contribution in [0.1, 0.15) is 68.9 Å². The van der Waals surface area contributed by atoms with Crippen LogP contribution in [-0.4, -0.2) is 11.6 Å². The molecule has 30 heavy (non-hydrogen) atoms. The van der Waals surface area contributed by atoms with Crippen LogP contribution in [0.15, 0.2) is 54.6 Å². The Morgan fingerprint density at radius 2 is 1.43 bits per heavy atom. The van der Waals surface area contributed by atoms with Crippen molar-refractivity contribution in [2.24, 2.45) is 11.8 Å². The van der Waals surface area contributed by atoms with Gasteiger partial charge in [-0.2, -0.15) is 0 Å². The third-order valence-electron chi connectivity index (χ3n) is 6.47. The quantitative estimate of drug-likeness (QED) is 0.425. The van der Waals surface area contributed by atoms with E-state index in [1.807, 2.05) is 18.2 Å². The van der Waals surface area contributed by atoms with Crippen LogP contribution < -0.4 is 0 Å². The summed E-state index contributed by atoms with van der Waals surface area (Å²) in [5, 5.41) is 0. The molecular weight excluding hydrogens is 375 g/mol. The second-order valence-electron chi connectivity index (χ2n) is 8.73. The average molecular weight is 409 g/mol. The van der Waals surface area contributed by atoms with Gasteiger partial charge in [-0.05, 0) is 80.5 Å². The zero-order chi connectivity index (χ0) is 21.2. The summed E-state index contributed by atoms with van der Waals surface area (Å²) in [7, 11) is 0. The highest BCUT2D eigenvalue weighted by atomic mass is 19.1. The molecule has 160 valence electrons. The van der Waals surface area contributed by atoms with Crippen LogP contribution in [0.25, 0.3) is 0 Å². The number of carbonyl (C=O) groups excluding carboxylic acids is 2. The molecule has 0 aliphatic heterocycles. The summed E-state index contributed by atoms with van der Waals surface area (Å²) in [6.45, 7) is 0. The van der Waals surface area contributed by atoms with Crippen LogP contribution >= 0.6 is 0 Å². The first-order valence-electron chi connectivity index (χ1n) is 11.4. The van der Waals surface area contributed by atoms with Crippen molar-refractivity contribution in [1.29, 1.82) is 0 Å². The van der Waals surface area contributed by atoms with Gasteiger partial charge in [-0.3, -0.25) is 9.59 Å². The van der Waals surface area contributed by atoms with Crippen LogP contribution in [0.5, 0.6) is 0 Å². The smallest absolute Gasteiger partial charge is 0.135 e. The number of aryl methyl sites for hydroxylation is 2. The molecule has 2 aromatic rings. The SMILES string of the molecule is O=C(CCc1ccc(F)cc1)CCC1CCC(C(=O)CCCc2ccccc2)CC1. The molecule has 0 saturated heterocycles. The van der Waals surface area contributed by atoms with E-state index in [2.05, 4.69) is 12.1 Å². The van der Waals surface area contributed by atoms with Crippen LogP contribution in [0.4, 0.5) is 4.39 Å². The highest BCUT2D eigenvalue weighted by molar-refractivity contribution is 5.81. The minimum absolute atomic E-state index is 0.228. The third-order valence-corrected chi connectivity index (χ3v) is 6.47. The number of halogens is 1. The van der Waals surface area contributed by atoms with E-state index in [-0.39, 0.29) is 11.7 Å². The molecule has 0 atom stereocenters. The Hall–Kier alpha value is -2.29. The monoisotopic (exact) mass is 408 g/mol. The van der Waals surface area contributed by atoms with Crippen molar-refractivity contribution >= 4 is 11.6 Å². The van der Waals surface area contributed by atoms with Gasteiger partial charge in [0.05, 0.1) is 0 Å². The maximum atomic E-state index is 12.9. The van der Waals surface area contributed by atoms with Gasteiger partial charge >= 0.3 is 0 Å². The van der Waals surface area contributed by atoms with Gasteiger partial charge in [-0.1, -0.05) is 42.5 Å². The number of Topliss-reactive ketones (excluding diaryl/α,β-unsaturated/α-hetero) is 2. The maximum absolute atomic E-state index is 12.9. The van der Waals surface area contributed by atoms with E-state index in [1.165, 1.54) is 17.7 Å². The van der Waals surface area contributed by atoms with Gasteiger partial charge in [0.25, 0.3) is 0 Å². The van der Waals surface area contributed by atoms with Crippen molar-refractivity contribution in [2.45, 2.75) is 70.6 Å². The number of hydrogen-bond acceptors (Lipinski definition) is 2. The van der Waals surface area contributed by atoms with Crippen molar-refractivity contribution in [3.8, 4) is 0 Å². The topological polar surface area (TPSA) is 34.1 Å². The first kappa shape index (κ1) is 22.4. The molecule has 0 radical (unpaired) electrons. The normalized spacial score (nSPS) is 18.8. The molecule has 2 aromatic carbocycles. The first-order chi connectivity index (χ1) is 14.6. The summed E-state index contributed by atoms with van der Waals surface area (Å²) < 4.78 is 12.9. The van der Waals surface area contributed by atoms with Crippen LogP contribution in [0.3, 0.4) is 0 Å². The van der Waals surface area contributed by atoms with Gasteiger partial charge in [0.2, 0.25) is 0 Å². The number of rotatable bonds is 11. The fourth-order valence-electron chi connectivity index (χ4n) is 4.51. The molecule has 1 fully saturated rings. The van der Waals surface area contributed by atoms with E-state index in [9.17, 15) is 14.0 Å². The van der Waals surface area contributed by atoms with Crippen LogP contribution in [0, 0.1) is 17.7 Å². The van der Waals surface area contributed by atoms with E-state index in [0.29, 0.717) is 43.2 Å². The second kappa shape index (κ2) is 11.8. The van der Waals surface area contributed by atoms with Crippen molar-refractivity contribution in [3.63, 3.8) is 0 Å². The lowest BCUT2D eigenvalue weighted by atomic mass is 9.77. The van der Waals surface area contributed by atoms with Gasteiger partial charge in [0, 0.05) is 25.2 Å². The molecule has 0 bridgehead atoms. The minimum Gasteiger partial charge on any atom is -0.300 e. The number of hydrogen-bond donors (Lipinski definition) is 0. The number of benzene rings is 2. The second-order valence-corrected chi connectivity index (χ2v) is 8.73. The lowest BCUT2D eigenvalue weighted by Crippen LogP contribution is -2.22. The summed E-state index contributed by atoms with van der Waals surface area (Å²) in [5.41, 5.74) is 2.31. The zero-order valence-corrected chi connectivity index (χ0v) is 17.8. The predicted molar refractivity (Wildman–Crippen MR) is 119 cm³/mol. The Balaban J connectivity index is 1.28. The van der Waals surface area contributed by atoms with E-state index in [4.69, 9.17) is 0 Å². The summed E-state index contributed by atoms with van der Waals surface area (Å²) in [6, 6.07) is 16.8. The minimum atomic E-state index is -0.240. The summed E-state index contributed by atoms with van der Waals surface area (Å²) in [6.07, 6.45) is 9.49. The molecule has 0 spiro atoms. The molecular formula is C27H33FO2. The molecule has 0 aromatic heterocycles. The van der Waals surface area contributed by atoms with Crippen LogP contribution in [-0.2, 0) is 22.4 Å². The Kier molecular flexibility index (Phi) is 8.80. The fraction of sp³-hybridized carbons (Fsp3) is 0.481. The molecule has 3 heteroatoms. The average Bonchev–Trinajstić information content (AvgIpc) is 2.78. The summed E-state index contributed by atoms with van der Waals surface area (Å²) >= 11 is 0. The van der Waals surface area contributed by atoms with E-state index < -0.39 is 0 Å². The third kappa shape index (κ3) is 7.51. The molecule has 0 N–H and O–H groups in total. The van der Waals surface area contributed by atoms with Crippen molar-refractivity contribution in [1.82, 2.24) is 0 Å². The van der Waals surface area contributed by atoms with E-state index in [1.54, 1.807) is 12.1 Å². The molecule has 0 heterocycles. The molecule has 1 aliphatic carbocycles.